The van der Waals surface area contributed by atoms with Gasteiger partial charge in [0.1, 0.15) is 5.75 Å². The summed E-state index contributed by atoms with van der Waals surface area (Å²) in [6, 6.07) is 6.85. The largest absolute Gasteiger partial charge is 0.508 e. The van der Waals surface area contributed by atoms with Crippen molar-refractivity contribution in [3.8, 4) is 17.1 Å². The van der Waals surface area contributed by atoms with E-state index in [0.717, 1.165) is 12.0 Å². The summed E-state index contributed by atoms with van der Waals surface area (Å²) in [5.41, 5.74) is 0.742. The Morgan fingerprint density at radius 1 is 1.47 bits per heavy atom. The second-order valence-electron chi connectivity index (χ2n) is 3.76. The highest BCUT2D eigenvalue weighted by Crippen LogP contribution is 2.22. The maximum atomic E-state index is 9.38. The number of nitrogens with one attached hydrogen (secondary N) is 1. The molecule has 0 aliphatic rings. The highest BCUT2D eigenvalue weighted by atomic mass is 16.5. The van der Waals surface area contributed by atoms with Crippen LogP contribution in [0.15, 0.2) is 28.8 Å². The molecule has 0 fully saturated rings. The number of phenolic OH excluding ortho intramolecular Hbond substituents is 1. The Bertz CT molecular complexity index is 492. The fourth-order valence-electron chi connectivity index (χ4n) is 1.64. The van der Waals surface area contributed by atoms with Gasteiger partial charge in [-0.15, -0.1) is 0 Å². The molecule has 1 unspecified atom stereocenters. The number of rotatable bonds is 4. The molecule has 0 saturated carbocycles. The molecule has 1 atom stereocenters. The predicted octanol–water partition coefficient (Wildman–Crippen LogP) is 2.11. The van der Waals surface area contributed by atoms with Crippen LogP contribution in [0, 0.1) is 0 Å². The van der Waals surface area contributed by atoms with E-state index in [1.165, 1.54) is 0 Å². The van der Waals surface area contributed by atoms with Crippen LogP contribution in [-0.2, 0) is 0 Å². The van der Waals surface area contributed by atoms with Gasteiger partial charge in [0.05, 0.1) is 6.04 Å². The Kier molecular flexibility index (Phi) is 3.39. The Hall–Kier alpha value is -1.88. The van der Waals surface area contributed by atoms with E-state index in [1.807, 2.05) is 20.0 Å². The molecule has 2 N–H and O–H groups in total. The van der Waals surface area contributed by atoms with Gasteiger partial charge in [0, 0.05) is 5.56 Å². The van der Waals surface area contributed by atoms with Crippen molar-refractivity contribution in [1.29, 1.82) is 0 Å². The molecule has 0 aliphatic heterocycles. The smallest absolute Gasteiger partial charge is 0.244 e. The third-order valence-electron chi connectivity index (χ3n) is 2.60. The fourth-order valence-corrected chi connectivity index (χ4v) is 1.64. The van der Waals surface area contributed by atoms with Crippen molar-refractivity contribution >= 4 is 0 Å². The number of hydrogen-bond acceptors (Lipinski definition) is 5. The third-order valence-corrected chi connectivity index (χ3v) is 2.60. The SMILES string of the molecule is CCC(NC)c1nc(-c2cccc(O)c2)no1. The van der Waals surface area contributed by atoms with Crippen LogP contribution in [0.2, 0.25) is 0 Å². The number of hydrogen-bond donors (Lipinski definition) is 2. The molecule has 1 heterocycles. The summed E-state index contributed by atoms with van der Waals surface area (Å²) in [6.07, 6.45) is 0.873. The summed E-state index contributed by atoms with van der Waals surface area (Å²) in [7, 11) is 1.85. The summed E-state index contributed by atoms with van der Waals surface area (Å²) in [4.78, 5) is 4.31. The van der Waals surface area contributed by atoms with E-state index in [2.05, 4.69) is 15.5 Å². The second-order valence-corrected chi connectivity index (χ2v) is 3.76. The molecular weight excluding hydrogens is 218 g/mol. The Labute approximate surface area is 99.5 Å². The van der Waals surface area contributed by atoms with Crippen molar-refractivity contribution in [3.63, 3.8) is 0 Å². The number of phenols is 1. The van der Waals surface area contributed by atoms with Crippen LogP contribution in [0.25, 0.3) is 11.4 Å². The maximum absolute atomic E-state index is 9.38. The molecule has 1 aromatic heterocycles. The summed E-state index contributed by atoms with van der Waals surface area (Å²) in [5.74, 6) is 1.24. The first-order chi connectivity index (χ1) is 8.24. The van der Waals surface area contributed by atoms with Crippen molar-refractivity contribution in [3.05, 3.63) is 30.2 Å². The Balaban J connectivity index is 2.29. The van der Waals surface area contributed by atoms with Crippen LogP contribution in [0.3, 0.4) is 0 Å². The van der Waals surface area contributed by atoms with Crippen molar-refractivity contribution in [1.82, 2.24) is 15.5 Å². The highest BCUT2D eigenvalue weighted by molar-refractivity contribution is 5.56. The summed E-state index contributed by atoms with van der Waals surface area (Å²) in [5, 5.41) is 16.4. The lowest BCUT2D eigenvalue weighted by atomic mass is 10.2. The normalized spacial score (nSPS) is 12.6. The standard InChI is InChI=1S/C12H15N3O2/c1-3-10(13-2)12-14-11(15-17-12)8-5-4-6-9(16)7-8/h4-7,10,13,16H,3H2,1-2H3. The van der Waals surface area contributed by atoms with Gasteiger partial charge in [-0.05, 0) is 25.6 Å². The molecule has 0 bridgehead atoms. The molecule has 2 rings (SSSR count). The molecule has 5 nitrogen and oxygen atoms in total. The minimum atomic E-state index is 0.0635. The van der Waals surface area contributed by atoms with E-state index in [9.17, 15) is 5.11 Å². The first-order valence-corrected chi connectivity index (χ1v) is 5.55. The van der Waals surface area contributed by atoms with E-state index < -0.39 is 0 Å². The molecule has 0 aliphatic carbocycles. The van der Waals surface area contributed by atoms with Gasteiger partial charge in [0.25, 0.3) is 0 Å². The molecule has 0 saturated heterocycles. The molecular formula is C12H15N3O2. The number of benzene rings is 1. The molecule has 0 spiro atoms. The van der Waals surface area contributed by atoms with Crippen molar-refractivity contribution in [2.75, 3.05) is 7.05 Å². The van der Waals surface area contributed by atoms with Gasteiger partial charge in [-0.3, -0.25) is 0 Å². The van der Waals surface area contributed by atoms with E-state index in [-0.39, 0.29) is 11.8 Å². The van der Waals surface area contributed by atoms with E-state index >= 15 is 0 Å². The molecule has 90 valence electrons. The third kappa shape index (κ3) is 2.45. The summed E-state index contributed by atoms with van der Waals surface area (Å²) in [6.45, 7) is 2.04. The molecule has 1 aromatic carbocycles. The maximum Gasteiger partial charge on any atom is 0.244 e. The lowest BCUT2D eigenvalue weighted by molar-refractivity contribution is 0.334. The van der Waals surface area contributed by atoms with Crippen LogP contribution in [0.1, 0.15) is 25.3 Å². The van der Waals surface area contributed by atoms with Crippen LogP contribution in [0.4, 0.5) is 0 Å². The van der Waals surface area contributed by atoms with Gasteiger partial charge in [-0.25, -0.2) is 0 Å². The molecule has 0 amide bonds. The zero-order chi connectivity index (χ0) is 12.3. The van der Waals surface area contributed by atoms with Gasteiger partial charge < -0.3 is 14.9 Å². The van der Waals surface area contributed by atoms with E-state index in [1.54, 1.807) is 18.2 Å². The van der Waals surface area contributed by atoms with Gasteiger partial charge in [0.15, 0.2) is 0 Å². The summed E-state index contributed by atoms with van der Waals surface area (Å²) >= 11 is 0. The van der Waals surface area contributed by atoms with Crippen molar-refractivity contribution in [2.24, 2.45) is 0 Å². The van der Waals surface area contributed by atoms with Crippen LogP contribution in [-0.4, -0.2) is 22.3 Å². The first-order valence-electron chi connectivity index (χ1n) is 5.55. The molecule has 0 radical (unpaired) electrons. The average Bonchev–Trinajstić information content (AvgIpc) is 2.80. The second kappa shape index (κ2) is 4.97. The molecule has 17 heavy (non-hydrogen) atoms. The number of aromatic hydroxyl groups is 1. The minimum absolute atomic E-state index is 0.0635. The van der Waals surface area contributed by atoms with E-state index in [4.69, 9.17) is 4.52 Å². The molecule has 2 aromatic rings. The van der Waals surface area contributed by atoms with Crippen LogP contribution < -0.4 is 5.32 Å². The predicted molar refractivity (Wildman–Crippen MR) is 63.5 cm³/mol. The topological polar surface area (TPSA) is 71.2 Å². The number of nitrogens with zero attached hydrogens (tertiary/aromatic N) is 2. The lowest BCUT2D eigenvalue weighted by Gasteiger charge is -2.06. The monoisotopic (exact) mass is 233 g/mol. The van der Waals surface area contributed by atoms with Crippen LogP contribution in [0.5, 0.6) is 5.75 Å². The Morgan fingerprint density at radius 2 is 2.29 bits per heavy atom. The van der Waals surface area contributed by atoms with Gasteiger partial charge in [0.2, 0.25) is 11.7 Å². The van der Waals surface area contributed by atoms with Gasteiger partial charge in [-0.2, -0.15) is 4.98 Å². The first kappa shape index (κ1) is 11.6. The average molecular weight is 233 g/mol. The lowest BCUT2D eigenvalue weighted by Crippen LogP contribution is -2.15. The fraction of sp³-hybridized carbons (Fsp3) is 0.333. The number of aromatic nitrogens is 2. The van der Waals surface area contributed by atoms with E-state index in [0.29, 0.717) is 11.7 Å². The Morgan fingerprint density at radius 3 is 2.94 bits per heavy atom. The zero-order valence-corrected chi connectivity index (χ0v) is 9.84. The quantitative estimate of drug-likeness (QED) is 0.846. The van der Waals surface area contributed by atoms with Crippen molar-refractivity contribution < 1.29 is 9.63 Å². The molecule has 5 heteroatoms. The van der Waals surface area contributed by atoms with Crippen molar-refractivity contribution in [2.45, 2.75) is 19.4 Å². The minimum Gasteiger partial charge on any atom is -0.508 e. The van der Waals surface area contributed by atoms with Gasteiger partial charge in [-0.1, -0.05) is 24.2 Å². The van der Waals surface area contributed by atoms with Crippen LogP contribution >= 0.6 is 0 Å². The highest BCUT2D eigenvalue weighted by Gasteiger charge is 2.16. The summed E-state index contributed by atoms with van der Waals surface area (Å²) < 4.78 is 5.20. The van der Waals surface area contributed by atoms with Gasteiger partial charge >= 0.3 is 0 Å². The zero-order valence-electron chi connectivity index (χ0n) is 9.84.